The van der Waals surface area contributed by atoms with E-state index in [1.54, 1.807) is 19.9 Å². The summed E-state index contributed by atoms with van der Waals surface area (Å²) in [6.45, 7) is 4.86. The highest BCUT2D eigenvalue weighted by Gasteiger charge is 2.30. The number of carbonyl (C=O) groups excluding carboxylic acids is 3. The molecule has 160 valence electrons. The van der Waals surface area contributed by atoms with Crippen LogP contribution in [0, 0.1) is 5.92 Å². The van der Waals surface area contributed by atoms with Crippen molar-refractivity contribution < 1.29 is 27.6 Å². The number of nitrogens with one attached hydrogen (secondary N) is 3. The van der Waals surface area contributed by atoms with Crippen molar-refractivity contribution in [3.8, 4) is 0 Å². The third kappa shape index (κ3) is 6.33. The van der Waals surface area contributed by atoms with E-state index in [-0.39, 0.29) is 23.1 Å². The van der Waals surface area contributed by atoms with Crippen LogP contribution in [0.4, 0.5) is 24.5 Å². The number of amides is 3. The summed E-state index contributed by atoms with van der Waals surface area (Å²) in [5, 5.41) is 7.61. The molecule has 0 radical (unpaired) electrons. The molecule has 0 saturated heterocycles. The Bertz CT molecular complexity index is 942. The Balaban J connectivity index is 2.14. The lowest BCUT2D eigenvalue weighted by atomic mass is 10.0. The van der Waals surface area contributed by atoms with E-state index >= 15 is 0 Å². The molecule has 3 N–H and O–H groups in total. The molecule has 1 atom stereocenters. The molecule has 0 saturated carbocycles. The van der Waals surface area contributed by atoms with Crippen molar-refractivity contribution in [1.82, 2.24) is 5.32 Å². The predicted octanol–water partition coefficient (Wildman–Crippen LogP) is 4.06. The van der Waals surface area contributed by atoms with Gasteiger partial charge in [0.1, 0.15) is 6.04 Å². The van der Waals surface area contributed by atoms with Gasteiger partial charge in [-0.2, -0.15) is 13.2 Å². The van der Waals surface area contributed by atoms with Gasteiger partial charge in [0, 0.05) is 23.9 Å². The molecule has 0 aliphatic rings. The molecule has 0 bridgehead atoms. The largest absolute Gasteiger partial charge is 0.416 e. The van der Waals surface area contributed by atoms with Gasteiger partial charge < -0.3 is 16.0 Å². The second kappa shape index (κ2) is 9.43. The molecule has 2 aromatic rings. The summed E-state index contributed by atoms with van der Waals surface area (Å²) < 4.78 is 38.5. The van der Waals surface area contributed by atoms with E-state index < -0.39 is 29.6 Å². The fourth-order valence-electron chi connectivity index (χ4n) is 2.69. The van der Waals surface area contributed by atoms with Gasteiger partial charge in [-0.15, -0.1) is 0 Å². The van der Waals surface area contributed by atoms with Crippen molar-refractivity contribution >= 4 is 29.1 Å². The lowest BCUT2D eigenvalue weighted by molar-refractivity contribution is -0.137. The van der Waals surface area contributed by atoms with E-state index in [0.717, 1.165) is 12.1 Å². The quantitative estimate of drug-likeness (QED) is 0.658. The zero-order valence-corrected chi connectivity index (χ0v) is 16.6. The van der Waals surface area contributed by atoms with Gasteiger partial charge in [-0.1, -0.05) is 26.0 Å². The van der Waals surface area contributed by atoms with Crippen molar-refractivity contribution in [2.24, 2.45) is 5.92 Å². The summed E-state index contributed by atoms with van der Waals surface area (Å²) in [5.74, 6) is -1.59. The third-order valence-electron chi connectivity index (χ3n) is 4.15. The first kappa shape index (κ1) is 22.9. The first-order valence-electron chi connectivity index (χ1n) is 9.14. The smallest absolute Gasteiger partial charge is 0.344 e. The standard InChI is InChI=1S/C21H22F3N3O3/c1-12(2)18(25-13(3)28)20(30)27-16-8-4-6-14(10-16)19(29)26-17-9-5-7-15(11-17)21(22,23)24/h4-12,18H,1-3H3,(H,25,28)(H,26,29)(H,27,30)/t18-/m0/s1. The van der Waals surface area contributed by atoms with Crippen molar-refractivity contribution in [3.05, 3.63) is 59.7 Å². The topological polar surface area (TPSA) is 87.3 Å². The monoisotopic (exact) mass is 421 g/mol. The van der Waals surface area contributed by atoms with E-state index in [1.807, 2.05) is 0 Å². The van der Waals surface area contributed by atoms with Crippen LogP contribution in [-0.2, 0) is 15.8 Å². The van der Waals surface area contributed by atoms with Gasteiger partial charge in [0.05, 0.1) is 5.56 Å². The summed E-state index contributed by atoms with van der Waals surface area (Å²) in [6, 6.07) is 9.48. The van der Waals surface area contributed by atoms with Crippen LogP contribution in [0.5, 0.6) is 0 Å². The molecule has 0 aromatic heterocycles. The van der Waals surface area contributed by atoms with Gasteiger partial charge in [-0.25, -0.2) is 0 Å². The minimum atomic E-state index is -4.52. The van der Waals surface area contributed by atoms with Gasteiger partial charge >= 0.3 is 6.18 Å². The maximum absolute atomic E-state index is 12.8. The summed E-state index contributed by atoms with van der Waals surface area (Å²) in [6.07, 6.45) is -4.52. The summed E-state index contributed by atoms with van der Waals surface area (Å²) >= 11 is 0. The lowest BCUT2D eigenvalue weighted by Crippen LogP contribution is -2.46. The fraction of sp³-hybridized carbons (Fsp3) is 0.286. The molecule has 0 fully saturated rings. The molecule has 0 unspecified atom stereocenters. The first-order chi connectivity index (χ1) is 14.0. The Kier molecular flexibility index (Phi) is 7.20. The Hall–Kier alpha value is -3.36. The Morgan fingerprint density at radius 1 is 0.900 bits per heavy atom. The van der Waals surface area contributed by atoms with Crippen molar-refractivity contribution in [2.45, 2.75) is 33.0 Å². The highest BCUT2D eigenvalue weighted by Crippen LogP contribution is 2.30. The van der Waals surface area contributed by atoms with E-state index in [4.69, 9.17) is 0 Å². The van der Waals surface area contributed by atoms with Crippen molar-refractivity contribution in [2.75, 3.05) is 10.6 Å². The highest BCUT2D eigenvalue weighted by atomic mass is 19.4. The predicted molar refractivity (Wildman–Crippen MR) is 107 cm³/mol. The zero-order valence-electron chi connectivity index (χ0n) is 16.6. The number of alkyl halides is 3. The van der Waals surface area contributed by atoms with Gasteiger partial charge in [-0.05, 0) is 42.3 Å². The Morgan fingerprint density at radius 2 is 1.50 bits per heavy atom. The number of hydrogen-bond donors (Lipinski definition) is 3. The van der Waals surface area contributed by atoms with Crippen LogP contribution >= 0.6 is 0 Å². The van der Waals surface area contributed by atoms with E-state index in [0.29, 0.717) is 5.69 Å². The third-order valence-corrected chi connectivity index (χ3v) is 4.15. The molecule has 0 heterocycles. The second-order valence-corrected chi connectivity index (χ2v) is 7.02. The van der Waals surface area contributed by atoms with Crippen molar-refractivity contribution in [1.29, 1.82) is 0 Å². The van der Waals surface area contributed by atoms with E-state index in [9.17, 15) is 27.6 Å². The molecule has 6 nitrogen and oxygen atoms in total. The van der Waals surface area contributed by atoms with Gasteiger partial charge in [0.15, 0.2) is 0 Å². The average molecular weight is 421 g/mol. The number of benzene rings is 2. The van der Waals surface area contributed by atoms with Crippen LogP contribution in [0.3, 0.4) is 0 Å². The summed E-state index contributed by atoms with van der Waals surface area (Å²) in [5.41, 5.74) is -0.424. The molecule has 9 heteroatoms. The number of hydrogen-bond acceptors (Lipinski definition) is 3. The van der Waals surface area contributed by atoms with Crippen LogP contribution in [0.15, 0.2) is 48.5 Å². The summed E-state index contributed by atoms with van der Waals surface area (Å²) in [4.78, 5) is 36.2. The Morgan fingerprint density at radius 3 is 2.07 bits per heavy atom. The van der Waals surface area contributed by atoms with E-state index in [2.05, 4.69) is 16.0 Å². The maximum atomic E-state index is 12.8. The van der Waals surface area contributed by atoms with Gasteiger partial charge in [0.25, 0.3) is 5.91 Å². The molecule has 0 aliphatic carbocycles. The lowest BCUT2D eigenvalue weighted by Gasteiger charge is -2.21. The van der Waals surface area contributed by atoms with Gasteiger partial charge in [-0.3, -0.25) is 14.4 Å². The fourth-order valence-corrected chi connectivity index (χ4v) is 2.69. The molecule has 2 aromatic carbocycles. The first-order valence-corrected chi connectivity index (χ1v) is 9.14. The van der Waals surface area contributed by atoms with Crippen LogP contribution < -0.4 is 16.0 Å². The normalized spacial score (nSPS) is 12.2. The van der Waals surface area contributed by atoms with Crippen molar-refractivity contribution in [3.63, 3.8) is 0 Å². The molecular formula is C21H22F3N3O3. The number of carbonyl (C=O) groups is 3. The number of rotatable bonds is 6. The summed E-state index contributed by atoms with van der Waals surface area (Å²) in [7, 11) is 0. The average Bonchev–Trinajstić information content (AvgIpc) is 2.65. The SMILES string of the molecule is CC(=O)N[C@H](C(=O)Nc1cccc(C(=O)Nc2cccc(C(F)(F)F)c2)c1)C(C)C. The number of anilines is 2. The minimum absolute atomic E-state index is 0.00482. The minimum Gasteiger partial charge on any atom is -0.344 e. The highest BCUT2D eigenvalue weighted by molar-refractivity contribution is 6.05. The van der Waals surface area contributed by atoms with Crippen LogP contribution in [-0.4, -0.2) is 23.8 Å². The Labute approximate surface area is 171 Å². The van der Waals surface area contributed by atoms with E-state index in [1.165, 1.54) is 37.3 Å². The van der Waals surface area contributed by atoms with Crippen LogP contribution in [0.25, 0.3) is 0 Å². The molecule has 3 amide bonds. The molecule has 2 rings (SSSR count). The number of halogens is 3. The van der Waals surface area contributed by atoms with Crippen LogP contribution in [0.1, 0.15) is 36.7 Å². The molecular weight excluding hydrogens is 399 g/mol. The zero-order chi connectivity index (χ0) is 22.5. The molecule has 0 spiro atoms. The second-order valence-electron chi connectivity index (χ2n) is 7.02. The maximum Gasteiger partial charge on any atom is 0.416 e. The van der Waals surface area contributed by atoms with Crippen LogP contribution in [0.2, 0.25) is 0 Å². The van der Waals surface area contributed by atoms with Gasteiger partial charge in [0.2, 0.25) is 11.8 Å². The molecule has 30 heavy (non-hydrogen) atoms. The molecule has 0 aliphatic heterocycles.